The van der Waals surface area contributed by atoms with Crippen LogP contribution in [-0.4, -0.2) is 23.4 Å². The van der Waals surface area contributed by atoms with Gasteiger partial charge >= 0.3 is 0 Å². The van der Waals surface area contributed by atoms with Crippen molar-refractivity contribution in [1.29, 1.82) is 0 Å². The highest BCUT2D eigenvalue weighted by Crippen LogP contribution is 2.19. The summed E-state index contributed by atoms with van der Waals surface area (Å²) < 4.78 is 5.50. The first kappa shape index (κ1) is 40.1. The highest BCUT2D eigenvalue weighted by Gasteiger charge is 2.15. The molecule has 0 spiro atoms. The summed E-state index contributed by atoms with van der Waals surface area (Å²) in [6, 6.07) is 0. The van der Waals surface area contributed by atoms with E-state index in [0.29, 0.717) is 0 Å². The molecule has 0 heterocycles. The molecule has 2 heteroatoms. The maximum atomic E-state index is 9.82. The molecule has 0 atom stereocenters. The Labute approximate surface area is 266 Å². The summed E-state index contributed by atoms with van der Waals surface area (Å²) in [7, 11) is 1.79. The number of allylic oxidation sites excluding steroid dienone is 22. The number of methoxy groups -OCH3 is 1. The number of ether oxygens (including phenoxy) is 1. The molecule has 0 aromatic heterocycles. The molecule has 0 aliphatic rings. The third-order valence-corrected chi connectivity index (χ3v) is 7.01. The van der Waals surface area contributed by atoms with E-state index >= 15 is 0 Å². The van der Waals surface area contributed by atoms with Crippen LogP contribution in [0.2, 0.25) is 0 Å². The summed E-state index contributed by atoms with van der Waals surface area (Å²) in [5.74, 6) is 0. The van der Waals surface area contributed by atoms with E-state index in [0.717, 1.165) is 38.5 Å². The molecule has 0 radical (unpaired) electrons. The molecule has 0 aliphatic carbocycles. The highest BCUT2D eigenvalue weighted by molar-refractivity contribution is 5.32. The lowest BCUT2D eigenvalue weighted by molar-refractivity contribution is 0.0140. The maximum absolute atomic E-state index is 9.82. The Morgan fingerprint density at radius 1 is 0.512 bits per heavy atom. The van der Waals surface area contributed by atoms with Gasteiger partial charge in [-0.15, -0.1) is 0 Å². The summed E-state index contributed by atoms with van der Waals surface area (Å²) in [4.78, 5) is 0. The van der Waals surface area contributed by atoms with Crippen LogP contribution >= 0.6 is 0 Å². The zero-order valence-corrected chi connectivity index (χ0v) is 29.3. The molecule has 0 bridgehead atoms. The quantitative estimate of drug-likeness (QED) is 0.153. The van der Waals surface area contributed by atoms with Gasteiger partial charge in [-0.2, -0.15) is 0 Å². The Morgan fingerprint density at radius 3 is 1.19 bits per heavy atom. The van der Waals surface area contributed by atoms with Gasteiger partial charge < -0.3 is 9.84 Å². The van der Waals surface area contributed by atoms with Crippen molar-refractivity contribution in [2.45, 2.75) is 119 Å². The molecule has 238 valence electrons. The van der Waals surface area contributed by atoms with Gasteiger partial charge in [0.1, 0.15) is 0 Å². The predicted octanol–water partition coefficient (Wildman–Crippen LogP) is 12.0. The summed E-state index contributed by atoms with van der Waals surface area (Å²) in [6.07, 6.45) is 40.1. The van der Waals surface area contributed by atoms with Gasteiger partial charge in [-0.3, -0.25) is 0 Å². The minimum absolute atomic E-state index is 0.0369. The van der Waals surface area contributed by atoms with Crippen molar-refractivity contribution in [2.75, 3.05) is 7.11 Å². The van der Waals surface area contributed by atoms with Gasteiger partial charge in [0, 0.05) is 7.11 Å². The van der Waals surface area contributed by atoms with Crippen molar-refractivity contribution in [3.8, 4) is 0 Å². The van der Waals surface area contributed by atoms with Gasteiger partial charge in [0.2, 0.25) is 0 Å². The van der Waals surface area contributed by atoms with Crippen molar-refractivity contribution in [3.05, 3.63) is 131 Å². The molecular formula is C41H62O2. The second kappa shape index (κ2) is 22.6. The zero-order valence-electron chi connectivity index (χ0n) is 29.3. The van der Waals surface area contributed by atoms with E-state index < -0.39 is 5.60 Å². The van der Waals surface area contributed by atoms with Crippen molar-refractivity contribution in [3.63, 3.8) is 0 Å². The van der Waals surface area contributed by atoms with Crippen LogP contribution in [0.4, 0.5) is 0 Å². The molecule has 0 aromatic carbocycles. The normalized spacial score (nSPS) is 16.0. The van der Waals surface area contributed by atoms with Gasteiger partial charge in [-0.25, -0.2) is 0 Å². The fourth-order valence-corrected chi connectivity index (χ4v) is 3.93. The van der Waals surface area contributed by atoms with Crippen LogP contribution in [0.1, 0.15) is 108 Å². The van der Waals surface area contributed by atoms with Crippen LogP contribution in [0.15, 0.2) is 131 Å². The first-order valence-electron chi connectivity index (χ1n) is 15.8. The summed E-state index contributed by atoms with van der Waals surface area (Å²) in [5.41, 5.74) is 6.94. The number of hydrogen-bond acceptors (Lipinski definition) is 2. The number of aliphatic hydroxyl groups is 1. The lowest BCUT2D eigenvalue weighted by Crippen LogP contribution is -2.21. The molecule has 0 saturated heterocycles. The van der Waals surface area contributed by atoms with Crippen LogP contribution in [0, 0.1) is 0 Å². The Kier molecular flexibility index (Phi) is 21.0. The third kappa shape index (κ3) is 26.4. The van der Waals surface area contributed by atoms with E-state index in [9.17, 15) is 5.11 Å². The molecule has 0 rings (SSSR count). The van der Waals surface area contributed by atoms with Gasteiger partial charge in [-0.1, -0.05) is 131 Å². The Morgan fingerprint density at radius 2 is 0.837 bits per heavy atom. The molecule has 1 N–H and O–H groups in total. The first-order valence-corrected chi connectivity index (χ1v) is 15.8. The van der Waals surface area contributed by atoms with Crippen LogP contribution in [0.25, 0.3) is 0 Å². The smallest absolute Gasteiger partial charge is 0.0622 e. The largest absolute Gasteiger partial charge is 0.390 e. The Hall–Kier alpha value is -2.94. The first-order chi connectivity index (χ1) is 20.1. The van der Waals surface area contributed by atoms with E-state index in [1.807, 2.05) is 13.8 Å². The van der Waals surface area contributed by atoms with E-state index in [-0.39, 0.29) is 5.60 Å². The Bertz CT molecular complexity index is 1140. The fourth-order valence-electron chi connectivity index (χ4n) is 3.93. The van der Waals surface area contributed by atoms with Gasteiger partial charge in [-0.05, 0) is 108 Å². The maximum Gasteiger partial charge on any atom is 0.0622 e. The molecule has 2 nitrogen and oxygen atoms in total. The minimum atomic E-state index is -0.577. The van der Waals surface area contributed by atoms with Gasteiger partial charge in [0.05, 0.1) is 11.2 Å². The van der Waals surface area contributed by atoms with Crippen LogP contribution < -0.4 is 0 Å². The van der Waals surface area contributed by atoms with Crippen molar-refractivity contribution < 1.29 is 9.84 Å². The molecule has 0 aliphatic heterocycles. The molecule has 0 amide bonds. The van der Waals surface area contributed by atoms with Crippen molar-refractivity contribution >= 4 is 0 Å². The second-order valence-electron chi connectivity index (χ2n) is 13.0. The zero-order chi connectivity index (χ0) is 32.7. The SMILES string of the molecule is COC(C)(C)CCCC(C)=CC=CC(C)=CC=CC(C)=CC=CC=C(C)C=CC=C(C)C=CC=C(C)CCCC(C)(C)O. The summed E-state index contributed by atoms with van der Waals surface area (Å²) in [6.45, 7) is 20.8. The van der Waals surface area contributed by atoms with E-state index in [1.54, 1.807) is 7.11 Å². The topological polar surface area (TPSA) is 29.5 Å². The summed E-state index contributed by atoms with van der Waals surface area (Å²) in [5, 5.41) is 9.82. The second-order valence-corrected chi connectivity index (χ2v) is 13.0. The van der Waals surface area contributed by atoms with Gasteiger partial charge in [0.15, 0.2) is 0 Å². The van der Waals surface area contributed by atoms with E-state index in [2.05, 4.69) is 153 Å². The van der Waals surface area contributed by atoms with Crippen LogP contribution in [0.3, 0.4) is 0 Å². The average molecular weight is 587 g/mol. The van der Waals surface area contributed by atoms with Crippen molar-refractivity contribution in [2.24, 2.45) is 0 Å². The lowest BCUT2D eigenvalue weighted by Gasteiger charge is -2.22. The molecule has 0 aromatic rings. The van der Waals surface area contributed by atoms with Gasteiger partial charge in [0.25, 0.3) is 0 Å². The fraction of sp³-hybridized carbons (Fsp3) is 0.463. The van der Waals surface area contributed by atoms with E-state index in [4.69, 9.17) is 4.74 Å². The third-order valence-electron chi connectivity index (χ3n) is 7.01. The molecule has 0 fully saturated rings. The highest BCUT2D eigenvalue weighted by atomic mass is 16.5. The minimum Gasteiger partial charge on any atom is -0.390 e. The van der Waals surface area contributed by atoms with Crippen LogP contribution in [-0.2, 0) is 4.74 Å². The average Bonchev–Trinajstić information content (AvgIpc) is 2.90. The molecular weight excluding hydrogens is 524 g/mol. The number of rotatable bonds is 19. The number of hydrogen-bond donors (Lipinski definition) is 1. The lowest BCUT2D eigenvalue weighted by atomic mass is 9.99. The van der Waals surface area contributed by atoms with E-state index in [1.165, 1.54) is 33.4 Å². The Balaban J connectivity index is 4.68. The molecule has 43 heavy (non-hydrogen) atoms. The monoisotopic (exact) mass is 586 g/mol. The molecule has 0 unspecified atom stereocenters. The standard InChI is InChI=1S/C41H62O2/c1-34(22-14-24-36(3)26-16-28-38(5)30-18-32-40(7,8)42)20-12-13-21-35(2)23-15-25-37(4)27-17-29-39(6)31-19-33-41(9,10)43-11/h12-17,20-29,42H,18-19,30-33H2,1-11H3. The summed E-state index contributed by atoms with van der Waals surface area (Å²) >= 11 is 0. The predicted molar refractivity (Wildman–Crippen MR) is 193 cm³/mol. The van der Waals surface area contributed by atoms with Crippen LogP contribution in [0.5, 0.6) is 0 Å². The van der Waals surface area contributed by atoms with Crippen molar-refractivity contribution in [1.82, 2.24) is 0 Å². The molecule has 0 saturated carbocycles.